The molecule has 1 aromatic rings. The zero-order chi connectivity index (χ0) is 9.97. The van der Waals surface area contributed by atoms with Gasteiger partial charge in [0.2, 0.25) is 0 Å². The molecule has 1 unspecified atom stereocenters. The fraction of sp³-hybridized carbons (Fsp3) is 0.455. The zero-order valence-corrected chi connectivity index (χ0v) is 8.27. The molecule has 0 amide bonds. The summed E-state index contributed by atoms with van der Waals surface area (Å²) >= 11 is 0. The van der Waals surface area contributed by atoms with Crippen molar-refractivity contribution in [2.45, 2.75) is 12.3 Å². The van der Waals surface area contributed by atoms with Gasteiger partial charge in [-0.05, 0) is 32.1 Å². The van der Waals surface area contributed by atoms with E-state index in [9.17, 15) is 0 Å². The van der Waals surface area contributed by atoms with Crippen molar-refractivity contribution in [3.63, 3.8) is 0 Å². The van der Waals surface area contributed by atoms with E-state index in [1.807, 2.05) is 12.1 Å². The Morgan fingerprint density at radius 1 is 1.57 bits per heavy atom. The lowest BCUT2D eigenvalue weighted by Gasteiger charge is -2.09. The van der Waals surface area contributed by atoms with Crippen LogP contribution in [0.1, 0.15) is 23.6 Å². The predicted molar refractivity (Wildman–Crippen MR) is 53.8 cm³/mol. The van der Waals surface area contributed by atoms with Crippen LogP contribution >= 0.6 is 0 Å². The van der Waals surface area contributed by atoms with Gasteiger partial charge in [-0.15, -0.1) is 0 Å². The lowest BCUT2D eigenvalue weighted by molar-refractivity contribution is 0.410. The van der Waals surface area contributed by atoms with Crippen molar-refractivity contribution in [1.82, 2.24) is 9.88 Å². The number of pyridine rings is 1. The third-order valence-electron chi connectivity index (χ3n) is 2.73. The van der Waals surface area contributed by atoms with Crippen LogP contribution in [-0.4, -0.2) is 30.0 Å². The lowest BCUT2D eigenvalue weighted by atomic mass is 10.0. The summed E-state index contributed by atoms with van der Waals surface area (Å²) in [5, 5.41) is 8.64. The van der Waals surface area contributed by atoms with Crippen LogP contribution < -0.4 is 0 Å². The van der Waals surface area contributed by atoms with E-state index in [1.165, 1.54) is 6.42 Å². The van der Waals surface area contributed by atoms with Gasteiger partial charge in [0, 0.05) is 24.4 Å². The molecule has 3 heteroatoms. The van der Waals surface area contributed by atoms with Crippen LogP contribution in [0.3, 0.4) is 0 Å². The zero-order valence-electron chi connectivity index (χ0n) is 8.27. The normalized spacial score (nSPS) is 22.1. The monoisotopic (exact) mass is 187 g/mol. The van der Waals surface area contributed by atoms with Gasteiger partial charge < -0.3 is 4.90 Å². The molecule has 2 heterocycles. The van der Waals surface area contributed by atoms with Crippen LogP contribution in [0.5, 0.6) is 0 Å². The summed E-state index contributed by atoms with van der Waals surface area (Å²) < 4.78 is 0. The summed E-state index contributed by atoms with van der Waals surface area (Å²) in [6.45, 7) is 2.23. The first-order valence-corrected chi connectivity index (χ1v) is 4.84. The number of nitrogens with zero attached hydrogens (tertiary/aromatic N) is 3. The maximum Gasteiger partial charge on any atom is 0.101 e. The first kappa shape index (κ1) is 9.17. The third kappa shape index (κ3) is 1.75. The van der Waals surface area contributed by atoms with E-state index in [1.54, 1.807) is 6.20 Å². The molecular weight excluding hydrogens is 174 g/mol. The number of hydrogen-bond acceptors (Lipinski definition) is 3. The summed E-state index contributed by atoms with van der Waals surface area (Å²) in [4.78, 5) is 6.63. The highest BCUT2D eigenvalue weighted by atomic mass is 15.1. The minimum atomic E-state index is 0.549. The topological polar surface area (TPSA) is 39.9 Å². The first-order chi connectivity index (χ1) is 6.79. The second-order valence-corrected chi connectivity index (χ2v) is 3.83. The van der Waals surface area contributed by atoms with Crippen molar-refractivity contribution in [2.75, 3.05) is 20.1 Å². The second-order valence-electron chi connectivity index (χ2n) is 3.83. The second kappa shape index (κ2) is 3.77. The van der Waals surface area contributed by atoms with Gasteiger partial charge in [0.05, 0.1) is 5.56 Å². The van der Waals surface area contributed by atoms with Gasteiger partial charge in [-0.3, -0.25) is 4.98 Å². The van der Waals surface area contributed by atoms with Crippen LogP contribution in [0.2, 0.25) is 0 Å². The Labute approximate surface area is 84.0 Å². The SMILES string of the molecule is CN1CCC(c2ccc(C#N)cn2)C1. The quantitative estimate of drug-likeness (QED) is 0.666. The Morgan fingerprint density at radius 3 is 2.93 bits per heavy atom. The Balaban J connectivity index is 2.14. The molecule has 1 saturated heterocycles. The molecule has 3 nitrogen and oxygen atoms in total. The number of nitriles is 1. The lowest BCUT2D eigenvalue weighted by Crippen LogP contribution is -2.13. The summed E-state index contributed by atoms with van der Waals surface area (Å²) in [7, 11) is 2.13. The first-order valence-electron chi connectivity index (χ1n) is 4.84. The van der Waals surface area contributed by atoms with Crippen molar-refractivity contribution in [3.05, 3.63) is 29.6 Å². The van der Waals surface area contributed by atoms with E-state index in [0.717, 1.165) is 18.8 Å². The van der Waals surface area contributed by atoms with Crippen molar-refractivity contribution in [2.24, 2.45) is 0 Å². The summed E-state index contributed by atoms with van der Waals surface area (Å²) in [6.07, 6.45) is 2.84. The highest BCUT2D eigenvalue weighted by Gasteiger charge is 2.21. The van der Waals surface area contributed by atoms with Crippen molar-refractivity contribution in [1.29, 1.82) is 5.26 Å². The van der Waals surface area contributed by atoms with Gasteiger partial charge in [0.1, 0.15) is 6.07 Å². The Bertz CT molecular complexity index is 350. The van der Waals surface area contributed by atoms with Gasteiger partial charge in [-0.2, -0.15) is 5.26 Å². The number of rotatable bonds is 1. The van der Waals surface area contributed by atoms with E-state index in [2.05, 4.69) is 23.0 Å². The van der Waals surface area contributed by atoms with Gasteiger partial charge in [0.15, 0.2) is 0 Å². The Kier molecular flexibility index (Phi) is 2.47. The minimum absolute atomic E-state index is 0.549. The highest BCUT2D eigenvalue weighted by molar-refractivity contribution is 5.27. The van der Waals surface area contributed by atoms with E-state index in [4.69, 9.17) is 5.26 Å². The number of hydrogen-bond donors (Lipinski definition) is 0. The summed E-state index contributed by atoms with van der Waals surface area (Å²) in [5.41, 5.74) is 1.76. The minimum Gasteiger partial charge on any atom is -0.306 e. The Hall–Kier alpha value is -1.40. The molecule has 0 N–H and O–H groups in total. The predicted octanol–water partition coefficient (Wildman–Crippen LogP) is 1.37. The maximum atomic E-state index is 8.64. The third-order valence-corrected chi connectivity index (χ3v) is 2.73. The van der Waals surface area contributed by atoms with Crippen LogP contribution in [0.4, 0.5) is 0 Å². The number of likely N-dealkylation sites (N-methyl/N-ethyl adjacent to an activating group) is 1. The smallest absolute Gasteiger partial charge is 0.101 e. The average molecular weight is 187 g/mol. The Morgan fingerprint density at radius 2 is 2.43 bits per heavy atom. The molecule has 0 radical (unpaired) electrons. The fourth-order valence-corrected chi connectivity index (χ4v) is 1.89. The molecule has 0 spiro atoms. The molecule has 1 atom stereocenters. The van der Waals surface area contributed by atoms with Crippen LogP contribution in [0.25, 0.3) is 0 Å². The standard InChI is InChI=1S/C11H13N3/c1-14-5-4-10(8-14)11-3-2-9(6-12)7-13-11/h2-3,7,10H,4-5,8H2,1H3. The summed E-state index contributed by atoms with van der Waals surface area (Å²) in [5.74, 6) is 0.549. The maximum absolute atomic E-state index is 8.64. The van der Waals surface area contributed by atoms with Gasteiger partial charge in [-0.25, -0.2) is 0 Å². The van der Waals surface area contributed by atoms with Gasteiger partial charge in [-0.1, -0.05) is 0 Å². The molecule has 1 fully saturated rings. The van der Waals surface area contributed by atoms with Crippen LogP contribution in [0, 0.1) is 11.3 Å². The largest absolute Gasteiger partial charge is 0.306 e. The molecular formula is C11H13N3. The van der Waals surface area contributed by atoms with Gasteiger partial charge in [0.25, 0.3) is 0 Å². The van der Waals surface area contributed by atoms with Gasteiger partial charge >= 0.3 is 0 Å². The van der Waals surface area contributed by atoms with E-state index in [-0.39, 0.29) is 0 Å². The summed E-state index contributed by atoms with van der Waals surface area (Å²) in [6, 6.07) is 5.90. The fourth-order valence-electron chi connectivity index (χ4n) is 1.89. The van der Waals surface area contributed by atoms with E-state index >= 15 is 0 Å². The van der Waals surface area contributed by atoms with Crippen LogP contribution in [-0.2, 0) is 0 Å². The molecule has 2 rings (SSSR count). The van der Waals surface area contributed by atoms with Crippen molar-refractivity contribution >= 4 is 0 Å². The number of likely N-dealkylation sites (tertiary alicyclic amines) is 1. The molecule has 0 bridgehead atoms. The number of aromatic nitrogens is 1. The molecule has 72 valence electrons. The molecule has 14 heavy (non-hydrogen) atoms. The van der Waals surface area contributed by atoms with E-state index < -0.39 is 0 Å². The highest BCUT2D eigenvalue weighted by Crippen LogP contribution is 2.24. The van der Waals surface area contributed by atoms with Crippen molar-refractivity contribution in [3.8, 4) is 6.07 Å². The molecule has 0 aromatic carbocycles. The van der Waals surface area contributed by atoms with Crippen molar-refractivity contribution < 1.29 is 0 Å². The average Bonchev–Trinajstić information content (AvgIpc) is 2.65. The molecule has 1 aromatic heterocycles. The van der Waals surface area contributed by atoms with E-state index in [0.29, 0.717) is 11.5 Å². The molecule has 1 aliphatic rings. The van der Waals surface area contributed by atoms with Crippen LogP contribution in [0.15, 0.2) is 18.3 Å². The molecule has 0 saturated carbocycles. The molecule has 1 aliphatic heterocycles. The molecule has 0 aliphatic carbocycles.